The zero-order valence-corrected chi connectivity index (χ0v) is 36.7. The van der Waals surface area contributed by atoms with Crippen LogP contribution in [0.25, 0.3) is 93.5 Å². The summed E-state index contributed by atoms with van der Waals surface area (Å²) in [6.45, 7) is 0. The van der Waals surface area contributed by atoms with E-state index in [0.29, 0.717) is 6.01 Å². The minimum Gasteiger partial charge on any atom is -0.425 e. The van der Waals surface area contributed by atoms with Crippen molar-refractivity contribution in [3.63, 3.8) is 0 Å². The first-order valence-corrected chi connectivity index (χ1v) is 23.2. The van der Waals surface area contributed by atoms with Crippen molar-refractivity contribution < 1.29 is 4.74 Å². The lowest BCUT2D eigenvalue weighted by molar-refractivity contribution is 0.336. The summed E-state index contributed by atoms with van der Waals surface area (Å²) in [6.07, 6.45) is 0. The summed E-state index contributed by atoms with van der Waals surface area (Å²) in [5.41, 5.74) is 14.5. The highest BCUT2D eigenvalue weighted by Crippen LogP contribution is 2.53. The Labute approximate surface area is 390 Å². The second kappa shape index (κ2) is 13.9. The van der Waals surface area contributed by atoms with Gasteiger partial charge in [0.25, 0.3) is 0 Å². The molecule has 0 amide bonds. The van der Waals surface area contributed by atoms with Gasteiger partial charge in [-0.3, -0.25) is 4.57 Å². The summed E-state index contributed by atoms with van der Waals surface area (Å²) in [6, 6.07) is 86.1. The summed E-state index contributed by atoms with van der Waals surface area (Å²) >= 11 is 0. The average Bonchev–Trinajstić information content (AvgIpc) is 4.14. The number of benzene rings is 10. The van der Waals surface area contributed by atoms with E-state index < -0.39 is 5.54 Å². The molecule has 1 aliphatic rings. The number of hydrogen-bond donors (Lipinski definition) is 0. The van der Waals surface area contributed by atoms with Crippen molar-refractivity contribution in [1.82, 2.24) is 23.3 Å². The molecule has 0 bridgehead atoms. The van der Waals surface area contributed by atoms with Crippen molar-refractivity contribution in [3.05, 3.63) is 253 Å². The third kappa shape index (κ3) is 4.98. The van der Waals surface area contributed by atoms with Crippen molar-refractivity contribution >= 4 is 76.5 Å². The van der Waals surface area contributed by atoms with Crippen LogP contribution in [0.5, 0.6) is 11.8 Å². The summed E-state index contributed by atoms with van der Waals surface area (Å²) < 4.78 is 16.6. The molecule has 0 spiro atoms. The van der Waals surface area contributed by atoms with Gasteiger partial charge in [0.1, 0.15) is 11.3 Å². The number of ether oxygens (including phenoxy) is 1. The largest absolute Gasteiger partial charge is 0.425 e. The van der Waals surface area contributed by atoms with Gasteiger partial charge in [-0.1, -0.05) is 152 Å². The molecular formula is C62H39N5O. The van der Waals surface area contributed by atoms with Crippen molar-refractivity contribution in [3.8, 4) is 28.8 Å². The van der Waals surface area contributed by atoms with Crippen LogP contribution < -0.4 is 4.74 Å². The van der Waals surface area contributed by atoms with E-state index in [2.05, 4.69) is 249 Å². The summed E-state index contributed by atoms with van der Waals surface area (Å²) in [7, 11) is 0. The average molecular weight is 870 g/mol. The maximum Gasteiger partial charge on any atom is 0.304 e. The molecule has 0 atom stereocenters. The maximum atomic E-state index is 7.06. The molecule has 15 rings (SSSR count). The Bertz CT molecular complexity index is 4040. The second-order valence-corrected chi connectivity index (χ2v) is 17.9. The van der Waals surface area contributed by atoms with Crippen molar-refractivity contribution in [1.29, 1.82) is 0 Å². The number of aromatic nitrogens is 5. The molecule has 6 nitrogen and oxygen atoms in total. The maximum absolute atomic E-state index is 7.06. The first kappa shape index (κ1) is 37.1. The number of para-hydroxylation sites is 6. The number of nitrogens with zero attached hydrogens (tertiary/aromatic N) is 5. The molecule has 14 aromatic rings. The molecule has 318 valence electrons. The SMILES string of the molecule is c1ccc(C2(c3ccccc3)c3ccc(-n4c5ccc(-n6c7ccccc7c7ccccc76)cc5c5cc(-n6c7ccccc7c7ccccc76)ccc54)cc3Oc3nc4ccccc4n32)cc1. The van der Waals surface area contributed by atoms with Gasteiger partial charge in [0.15, 0.2) is 0 Å². The fourth-order valence-electron chi connectivity index (χ4n) is 11.7. The van der Waals surface area contributed by atoms with Gasteiger partial charge in [-0.15, -0.1) is 0 Å². The lowest BCUT2D eigenvalue weighted by atomic mass is 9.75. The first-order valence-electron chi connectivity index (χ1n) is 23.2. The summed E-state index contributed by atoms with van der Waals surface area (Å²) in [4.78, 5) is 5.17. The van der Waals surface area contributed by atoms with Crippen LogP contribution in [0.3, 0.4) is 0 Å². The molecule has 0 saturated carbocycles. The van der Waals surface area contributed by atoms with Gasteiger partial charge >= 0.3 is 6.01 Å². The Hall–Kier alpha value is -9.13. The lowest BCUT2D eigenvalue weighted by Gasteiger charge is -2.42. The van der Waals surface area contributed by atoms with Gasteiger partial charge in [-0.25, -0.2) is 0 Å². The highest BCUT2D eigenvalue weighted by atomic mass is 16.5. The first-order chi connectivity index (χ1) is 33.7. The molecule has 0 saturated heterocycles. The molecule has 6 heteroatoms. The van der Waals surface area contributed by atoms with Crippen LogP contribution in [0.15, 0.2) is 237 Å². The Balaban J connectivity index is 1.01. The van der Waals surface area contributed by atoms with Gasteiger partial charge in [-0.2, -0.15) is 4.98 Å². The third-order valence-corrected chi connectivity index (χ3v) is 14.5. The molecule has 0 unspecified atom stereocenters. The number of rotatable bonds is 5. The standard InChI is InChI=1S/C62H39N5O/c1-3-17-40(18-4-1)62(41-19-5-2-6-20-41)51-34-31-44(39-60(51)68-61-63-52-25-11-16-30-59(52)67(61)62)66-57-35-32-42(64-53-26-12-7-21-45(53)46-22-8-13-27-54(46)64)37-49(57)50-38-43(33-36-58(50)66)65-55-28-14-9-23-47(55)48-24-10-15-29-56(48)65/h1-39H. The quantitative estimate of drug-likeness (QED) is 0.173. The minimum atomic E-state index is -0.782. The van der Waals surface area contributed by atoms with Gasteiger partial charge in [0.05, 0.1) is 44.1 Å². The van der Waals surface area contributed by atoms with E-state index in [9.17, 15) is 0 Å². The molecule has 10 aromatic carbocycles. The van der Waals surface area contributed by atoms with Crippen LogP contribution in [0, 0.1) is 0 Å². The number of fused-ring (bicyclic) bond motifs is 13. The fourth-order valence-corrected chi connectivity index (χ4v) is 11.7. The molecule has 0 aliphatic carbocycles. The van der Waals surface area contributed by atoms with Gasteiger partial charge < -0.3 is 18.4 Å². The number of hydrogen-bond acceptors (Lipinski definition) is 2. The highest BCUT2D eigenvalue weighted by molar-refractivity contribution is 6.14. The van der Waals surface area contributed by atoms with Crippen LogP contribution in [-0.4, -0.2) is 23.3 Å². The van der Waals surface area contributed by atoms with Gasteiger partial charge in [0.2, 0.25) is 0 Å². The third-order valence-electron chi connectivity index (χ3n) is 14.5. The van der Waals surface area contributed by atoms with Crippen molar-refractivity contribution in [2.75, 3.05) is 0 Å². The summed E-state index contributed by atoms with van der Waals surface area (Å²) in [5.74, 6) is 0.761. The van der Waals surface area contributed by atoms with E-state index in [1.807, 2.05) is 6.07 Å². The van der Waals surface area contributed by atoms with E-state index in [4.69, 9.17) is 9.72 Å². The molecule has 0 radical (unpaired) electrons. The fraction of sp³-hybridized carbons (Fsp3) is 0.0161. The molecule has 5 heterocycles. The van der Waals surface area contributed by atoms with E-state index >= 15 is 0 Å². The Morgan fingerprint density at radius 2 is 0.706 bits per heavy atom. The molecular weight excluding hydrogens is 831 g/mol. The molecule has 68 heavy (non-hydrogen) atoms. The van der Waals surface area contributed by atoms with E-state index in [-0.39, 0.29) is 0 Å². The zero-order chi connectivity index (χ0) is 44.5. The van der Waals surface area contributed by atoms with Crippen molar-refractivity contribution in [2.45, 2.75) is 5.54 Å². The number of imidazole rings is 1. The highest BCUT2D eigenvalue weighted by Gasteiger charge is 2.47. The Morgan fingerprint density at radius 1 is 0.324 bits per heavy atom. The topological polar surface area (TPSA) is 41.8 Å². The van der Waals surface area contributed by atoms with Crippen molar-refractivity contribution in [2.24, 2.45) is 0 Å². The predicted molar refractivity (Wildman–Crippen MR) is 277 cm³/mol. The molecule has 0 fully saturated rings. The van der Waals surface area contributed by atoms with Gasteiger partial charge in [-0.05, 0) is 90.0 Å². The molecule has 0 N–H and O–H groups in total. The van der Waals surface area contributed by atoms with Crippen LogP contribution in [0.2, 0.25) is 0 Å². The monoisotopic (exact) mass is 869 g/mol. The van der Waals surface area contributed by atoms with E-state index in [0.717, 1.165) is 72.3 Å². The Kier molecular flexibility index (Phi) is 7.61. The zero-order valence-electron chi connectivity index (χ0n) is 36.7. The van der Waals surface area contributed by atoms with Crippen LogP contribution in [-0.2, 0) is 5.54 Å². The predicted octanol–water partition coefficient (Wildman–Crippen LogP) is 15.3. The van der Waals surface area contributed by atoms with Crippen LogP contribution in [0.4, 0.5) is 0 Å². The molecule has 4 aromatic heterocycles. The smallest absolute Gasteiger partial charge is 0.304 e. The van der Waals surface area contributed by atoms with Crippen LogP contribution >= 0.6 is 0 Å². The summed E-state index contributed by atoms with van der Waals surface area (Å²) in [5, 5.41) is 7.27. The van der Waals surface area contributed by atoms with E-state index in [1.54, 1.807) is 0 Å². The minimum absolute atomic E-state index is 0.553. The normalized spacial score (nSPS) is 13.2. The second-order valence-electron chi connectivity index (χ2n) is 17.9. The van der Waals surface area contributed by atoms with Gasteiger partial charge in [0, 0.05) is 61.0 Å². The molecule has 1 aliphatic heterocycles. The van der Waals surface area contributed by atoms with Crippen LogP contribution in [0.1, 0.15) is 16.7 Å². The Morgan fingerprint density at radius 3 is 1.19 bits per heavy atom. The lowest BCUT2D eigenvalue weighted by Crippen LogP contribution is -2.40. The van der Waals surface area contributed by atoms with E-state index in [1.165, 1.54) is 43.6 Å².